The van der Waals surface area contributed by atoms with Gasteiger partial charge in [-0.15, -0.1) is 0 Å². The van der Waals surface area contributed by atoms with Gasteiger partial charge in [0.2, 0.25) is 0 Å². The topological polar surface area (TPSA) is 72.7 Å². The van der Waals surface area contributed by atoms with Gasteiger partial charge in [-0.3, -0.25) is 5.84 Å². The van der Waals surface area contributed by atoms with Crippen molar-refractivity contribution >= 4 is 0 Å². The van der Waals surface area contributed by atoms with Crippen LogP contribution in [0.15, 0.2) is 133 Å². The van der Waals surface area contributed by atoms with Crippen molar-refractivity contribution < 1.29 is 14.2 Å². The molecular formula is C42H53N3O3. The summed E-state index contributed by atoms with van der Waals surface area (Å²) in [5.74, 6) is 8.91. The highest BCUT2D eigenvalue weighted by Gasteiger charge is 2.14. The first-order chi connectivity index (χ1) is 23.2. The number of hydrogen-bond acceptors (Lipinski definition) is 5. The first-order valence-electron chi connectivity index (χ1n) is 17.0. The molecule has 0 bridgehead atoms. The maximum absolute atomic E-state index is 6.56. The molecule has 2 aromatic carbocycles. The summed E-state index contributed by atoms with van der Waals surface area (Å²) in [6.45, 7) is 14.7. The molecule has 0 amide bonds. The highest BCUT2D eigenvalue weighted by atomic mass is 16.5. The summed E-state index contributed by atoms with van der Waals surface area (Å²) >= 11 is 0. The zero-order chi connectivity index (χ0) is 34.2. The van der Waals surface area contributed by atoms with Crippen molar-refractivity contribution in [3.05, 3.63) is 150 Å². The van der Waals surface area contributed by atoms with Gasteiger partial charge in [0.15, 0.2) is 11.5 Å². The third kappa shape index (κ3) is 12.3. The van der Waals surface area contributed by atoms with Crippen LogP contribution in [0, 0.1) is 5.41 Å². The van der Waals surface area contributed by atoms with Crippen LogP contribution in [0.25, 0.3) is 0 Å². The molecule has 48 heavy (non-hydrogen) atoms. The van der Waals surface area contributed by atoms with E-state index in [4.69, 9.17) is 20.1 Å². The minimum absolute atomic E-state index is 0.0234. The lowest BCUT2D eigenvalue weighted by Gasteiger charge is -2.24. The monoisotopic (exact) mass is 647 g/mol. The van der Waals surface area contributed by atoms with Gasteiger partial charge in [0.05, 0.1) is 0 Å². The Morgan fingerprint density at radius 2 is 1.75 bits per heavy atom. The summed E-state index contributed by atoms with van der Waals surface area (Å²) in [6, 6.07) is 16.8. The minimum atomic E-state index is 0.0234. The normalized spacial score (nSPS) is 15.0. The van der Waals surface area contributed by atoms with Crippen LogP contribution in [-0.4, -0.2) is 35.8 Å². The molecule has 4 rings (SSSR count). The molecule has 1 aromatic heterocycles. The Morgan fingerprint density at radius 3 is 2.50 bits per heavy atom. The first-order valence-corrected chi connectivity index (χ1v) is 17.0. The summed E-state index contributed by atoms with van der Waals surface area (Å²) < 4.78 is 18.6. The van der Waals surface area contributed by atoms with Crippen molar-refractivity contribution in [3.63, 3.8) is 0 Å². The number of nitrogens with two attached hydrogens (primary N) is 1. The van der Waals surface area contributed by atoms with Crippen molar-refractivity contribution in [2.24, 2.45) is 11.3 Å². The van der Waals surface area contributed by atoms with Crippen LogP contribution in [0.2, 0.25) is 0 Å². The van der Waals surface area contributed by atoms with E-state index in [0.717, 1.165) is 66.2 Å². The van der Waals surface area contributed by atoms with Gasteiger partial charge in [0.25, 0.3) is 0 Å². The number of hydrogen-bond donors (Lipinski definition) is 2. The molecule has 0 saturated carbocycles. The number of aryl methyl sites for hydroxylation is 1. The van der Waals surface area contributed by atoms with Crippen molar-refractivity contribution in [3.8, 4) is 17.2 Å². The molecule has 0 radical (unpaired) electrons. The second-order valence-electron chi connectivity index (χ2n) is 12.9. The number of hydrazine groups is 1. The summed E-state index contributed by atoms with van der Waals surface area (Å²) in [6.07, 6.45) is 26.0. The number of aromatic amines is 1. The summed E-state index contributed by atoms with van der Waals surface area (Å²) in [5.41, 5.74) is 5.88. The fourth-order valence-corrected chi connectivity index (χ4v) is 5.15. The zero-order valence-corrected chi connectivity index (χ0v) is 29.2. The van der Waals surface area contributed by atoms with Gasteiger partial charge in [0, 0.05) is 36.0 Å². The molecule has 0 aliphatic heterocycles. The molecule has 1 aliphatic rings. The Labute approximate surface area is 288 Å². The average molecular weight is 648 g/mol. The van der Waals surface area contributed by atoms with Crippen LogP contribution in [0.5, 0.6) is 17.2 Å². The molecule has 1 unspecified atom stereocenters. The summed E-state index contributed by atoms with van der Waals surface area (Å²) in [7, 11) is 0. The Hall–Kier alpha value is -4.52. The third-order valence-corrected chi connectivity index (χ3v) is 8.48. The van der Waals surface area contributed by atoms with Gasteiger partial charge in [-0.1, -0.05) is 100 Å². The maximum Gasteiger partial charge on any atom is 0.161 e. The van der Waals surface area contributed by atoms with E-state index in [0.29, 0.717) is 19.8 Å². The predicted molar refractivity (Wildman–Crippen MR) is 199 cm³/mol. The quantitative estimate of drug-likeness (QED) is 0.0771. The minimum Gasteiger partial charge on any atom is -0.489 e. The zero-order valence-electron chi connectivity index (χ0n) is 29.2. The molecule has 1 heterocycles. The lowest BCUT2D eigenvalue weighted by molar-refractivity contribution is 0.206. The Balaban J connectivity index is 1.33. The lowest BCUT2D eigenvalue weighted by Crippen LogP contribution is -2.40. The van der Waals surface area contributed by atoms with E-state index in [1.165, 1.54) is 11.1 Å². The number of benzene rings is 2. The maximum atomic E-state index is 6.56. The van der Waals surface area contributed by atoms with Crippen molar-refractivity contribution in [2.45, 2.75) is 66.0 Å². The highest BCUT2D eigenvalue weighted by molar-refractivity contribution is 5.44. The fourth-order valence-electron chi connectivity index (χ4n) is 5.15. The van der Waals surface area contributed by atoms with E-state index in [1.54, 1.807) is 6.08 Å². The predicted octanol–water partition coefficient (Wildman–Crippen LogP) is 9.25. The van der Waals surface area contributed by atoms with Crippen LogP contribution in [-0.2, 0) is 19.4 Å². The molecule has 3 N–H and O–H groups in total. The van der Waals surface area contributed by atoms with Gasteiger partial charge in [-0.05, 0) is 85.2 Å². The van der Waals surface area contributed by atoms with E-state index in [2.05, 4.69) is 100.0 Å². The van der Waals surface area contributed by atoms with Crippen molar-refractivity contribution in [2.75, 3.05) is 19.8 Å². The third-order valence-electron chi connectivity index (χ3n) is 8.48. The van der Waals surface area contributed by atoms with Gasteiger partial charge in [-0.2, -0.15) is 0 Å². The van der Waals surface area contributed by atoms with Crippen molar-refractivity contribution in [1.29, 1.82) is 0 Å². The Kier molecular flexibility index (Phi) is 14.2. The number of aromatic nitrogens is 1. The summed E-state index contributed by atoms with van der Waals surface area (Å²) in [5, 5.41) is 1.95. The molecule has 1 atom stereocenters. The number of rotatable bonds is 19. The molecular weight excluding hydrogens is 594 g/mol. The van der Waals surface area contributed by atoms with Gasteiger partial charge in [0.1, 0.15) is 25.6 Å². The molecule has 1 aliphatic carbocycles. The molecule has 0 fully saturated rings. The van der Waals surface area contributed by atoms with Crippen molar-refractivity contribution in [1.82, 2.24) is 9.99 Å². The van der Waals surface area contributed by atoms with Crippen LogP contribution in [0.1, 0.15) is 57.2 Å². The van der Waals surface area contributed by atoms with Gasteiger partial charge >= 0.3 is 0 Å². The summed E-state index contributed by atoms with van der Waals surface area (Å²) in [4.78, 5) is 3.05. The Morgan fingerprint density at radius 1 is 0.938 bits per heavy atom. The number of ether oxygens (including phenoxy) is 3. The number of H-pyrrole nitrogens is 1. The van der Waals surface area contributed by atoms with Crippen LogP contribution in [0.4, 0.5) is 0 Å². The molecule has 0 saturated heterocycles. The highest BCUT2D eigenvalue weighted by Crippen LogP contribution is 2.31. The van der Waals surface area contributed by atoms with Gasteiger partial charge < -0.3 is 19.2 Å². The number of allylic oxidation sites excluding steroid dienone is 8. The Bertz CT molecular complexity index is 1580. The second-order valence-corrected chi connectivity index (χ2v) is 12.9. The molecule has 6 nitrogen and oxygen atoms in total. The number of nitrogens with one attached hydrogen (secondary N) is 1. The molecule has 0 spiro atoms. The van der Waals surface area contributed by atoms with E-state index < -0.39 is 0 Å². The number of nitrogens with zero attached hydrogens (tertiary/aromatic N) is 1. The van der Waals surface area contributed by atoms with E-state index in [9.17, 15) is 0 Å². The largest absolute Gasteiger partial charge is 0.489 e. The van der Waals surface area contributed by atoms with Crippen LogP contribution < -0.4 is 20.1 Å². The standard InChI is InChI=1S/C42H53N3O3/c1-6-8-9-11-34(7-2)30-48-41-28-36(17-20-40(41)47-31-37-12-10-24-42(4,5)25-21-37)23-27-45(43)33(3)13-14-35-15-18-39(19-16-35)46-32-38-22-26-44-29-38/h6,8-12,15-22,24-26,28-29,33,44H,1,7,13-14,23,27,30-32,43H2,2-5H3/b9-8-,34-11+. The second kappa shape index (κ2) is 18.7. The molecule has 254 valence electrons. The fraction of sp³-hybridized carbons (Fsp3) is 0.333. The first kappa shape index (κ1) is 36.3. The van der Waals surface area contributed by atoms with E-state index in [-0.39, 0.29) is 11.5 Å². The average Bonchev–Trinajstić information content (AvgIpc) is 3.56. The lowest BCUT2D eigenvalue weighted by atomic mass is 9.93. The smallest absolute Gasteiger partial charge is 0.161 e. The van der Waals surface area contributed by atoms with Crippen LogP contribution in [0.3, 0.4) is 0 Å². The van der Waals surface area contributed by atoms with Gasteiger partial charge in [-0.25, -0.2) is 5.01 Å². The molecule has 6 heteroatoms. The SMILES string of the molecule is C=C/C=C\C=C(/CC)COc1cc(CCN(N)C(C)CCc2ccc(OCc3cc[nH]c3)cc2)ccc1OCC1=CC=CC(C)(C)C=C1. The van der Waals surface area contributed by atoms with E-state index >= 15 is 0 Å². The van der Waals surface area contributed by atoms with E-state index in [1.807, 2.05) is 53.8 Å². The molecule has 3 aromatic rings. The van der Waals surface area contributed by atoms with Crippen LogP contribution >= 0.6 is 0 Å².